The second-order valence-corrected chi connectivity index (χ2v) is 7.02. The van der Waals surface area contributed by atoms with Crippen molar-refractivity contribution in [2.45, 2.75) is 6.54 Å². The van der Waals surface area contributed by atoms with Crippen LogP contribution in [0.15, 0.2) is 76.7 Å². The van der Waals surface area contributed by atoms with Crippen LogP contribution in [-0.2, 0) is 6.54 Å². The van der Waals surface area contributed by atoms with Gasteiger partial charge in [-0.15, -0.1) is 0 Å². The van der Waals surface area contributed by atoms with Gasteiger partial charge in [0.25, 0.3) is 11.5 Å². The van der Waals surface area contributed by atoms with Crippen molar-refractivity contribution in [2.24, 2.45) is 0 Å². The number of carbonyl (C=O) groups is 1. The summed E-state index contributed by atoms with van der Waals surface area (Å²) in [5.41, 5.74) is 1.36. The Morgan fingerprint density at radius 1 is 1.03 bits per heavy atom. The van der Waals surface area contributed by atoms with E-state index in [9.17, 15) is 14.4 Å². The summed E-state index contributed by atoms with van der Waals surface area (Å²) >= 11 is 0. The summed E-state index contributed by atoms with van der Waals surface area (Å²) in [7, 11) is 0. The van der Waals surface area contributed by atoms with E-state index in [0.29, 0.717) is 11.3 Å². The number of aromatic amines is 2. The topological polar surface area (TPSA) is 126 Å². The monoisotopic (exact) mass is 412 g/mol. The number of pyridine rings is 2. The van der Waals surface area contributed by atoms with Crippen LogP contribution in [0.2, 0.25) is 0 Å². The lowest BCUT2D eigenvalue weighted by atomic mass is 10.2. The Kier molecular flexibility index (Phi) is 4.40. The van der Waals surface area contributed by atoms with Gasteiger partial charge in [-0.05, 0) is 23.8 Å². The summed E-state index contributed by atoms with van der Waals surface area (Å²) in [5.74, 6) is -0.439. The number of amides is 1. The summed E-state index contributed by atoms with van der Waals surface area (Å²) < 4.78 is 1.37. The molecule has 0 saturated carbocycles. The van der Waals surface area contributed by atoms with Crippen LogP contribution in [0, 0.1) is 0 Å². The molecule has 1 amide bonds. The number of nitrogens with one attached hydrogen (secondary N) is 3. The molecule has 152 valence electrons. The SMILES string of the molecule is O=C(Nc1cnc2[nH]ccc2c1)c1cnc2c(c1)c(=O)[nH]c(=O)n2Cc1ccccc1. The van der Waals surface area contributed by atoms with E-state index in [2.05, 4.69) is 25.3 Å². The van der Waals surface area contributed by atoms with Crippen LogP contribution in [-0.4, -0.2) is 30.4 Å². The van der Waals surface area contributed by atoms with Crippen molar-refractivity contribution < 1.29 is 4.79 Å². The quantitative estimate of drug-likeness (QED) is 0.417. The van der Waals surface area contributed by atoms with Gasteiger partial charge in [-0.3, -0.25) is 19.1 Å². The van der Waals surface area contributed by atoms with Crippen LogP contribution >= 0.6 is 0 Å². The molecule has 0 unspecified atom stereocenters. The Hall–Kier alpha value is -4.53. The standard InChI is InChI=1S/C22H16N6O3/c29-20(26-16-8-14-6-7-23-18(14)24-11-16)15-9-17-19(25-10-15)28(22(31)27-21(17)30)12-13-4-2-1-3-5-13/h1-11H,12H2,(H,23,24)(H,26,29)(H,27,30,31). The van der Waals surface area contributed by atoms with Crippen molar-refractivity contribution in [1.82, 2.24) is 24.5 Å². The molecule has 1 aromatic carbocycles. The predicted octanol–water partition coefficient (Wildman–Crippen LogP) is 2.26. The molecule has 5 rings (SSSR count). The lowest BCUT2D eigenvalue weighted by molar-refractivity contribution is 0.102. The Balaban J connectivity index is 1.51. The largest absolute Gasteiger partial charge is 0.346 e. The molecule has 3 N–H and O–H groups in total. The molecule has 0 atom stereocenters. The molecule has 0 spiro atoms. The van der Waals surface area contributed by atoms with E-state index in [1.165, 1.54) is 23.0 Å². The average Bonchev–Trinajstić information content (AvgIpc) is 3.25. The van der Waals surface area contributed by atoms with E-state index in [4.69, 9.17) is 0 Å². The van der Waals surface area contributed by atoms with Gasteiger partial charge in [0.2, 0.25) is 0 Å². The Morgan fingerprint density at radius 3 is 2.71 bits per heavy atom. The van der Waals surface area contributed by atoms with Crippen LogP contribution in [0.3, 0.4) is 0 Å². The molecule has 0 saturated heterocycles. The molecule has 4 heterocycles. The minimum atomic E-state index is -0.595. The van der Waals surface area contributed by atoms with E-state index in [1.807, 2.05) is 36.4 Å². The Bertz CT molecular complexity index is 1550. The third kappa shape index (κ3) is 3.48. The smallest absolute Gasteiger partial charge is 0.330 e. The molecule has 0 aliphatic rings. The van der Waals surface area contributed by atoms with Crippen LogP contribution in [0.25, 0.3) is 22.1 Å². The van der Waals surface area contributed by atoms with Gasteiger partial charge in [-0.25, -0.2) is 14.8 Å². The average molecular weight is 412 g/mol. The second-order valence-electron chi connectivity index (χ2n) is 7.02. The highest BCUT2D eigenvalue weighted by Gasteiger charge is 2.14. The van der Waals surface area contributed by atoms with Crippen molar-refractivity contribution in [3.8, 4) is 0 Å². The maximum atomic E-state index is 12.7. The summed E-state index contributed by atoms with van der Waals surface area (Å²) in [6.07, 6.45) is 4.65. The first-order valence-electron chi connectivity index (χ1n) is 9.50. The molecule has 0 radical (unpaired) electrons. The number of anilines is 1. The fourth-order valence-corrected chi connectivity index (χ4v) is 3.42. The van der Waals surface area contributed by atoms with Crippen molar-refractivity contribution in [2.75, 3.05) is 5.32 Å². The van der Waals surface area contributed by atoms with Gasteiger partial charge in [0.1, 0.15) is 11.3 Å². The van der Waals surface area contributed by atoms with Crippen molar-refractivity contribution in [3.63, 3.8) is 0 Å². The van der Waals surface area contributed by atoms with Gasteiger partial charge >= 0.3 is 5.69 Å². The molecular formula is C22H16N6O3. The third-order valence-electron chi connectivity index (χ3n) is 4.94. The van der Waals surface area contributed by atoms with Gasteiger partial charge in [-0.1, -0.05) is 30.3 Å². The van der Waals surface area contributed by atoms with E-state index in [0.717, 1.165) is 10.9 Å². The molecule has 0 aliphatic heterocycles. The molecule has 9 heteroatoms. The van der Waals surface area contributed by atoms with Gasteiger partial charge < -0.3 is 10.3 Å². The minimum absolute atomic E-state index is 0.155. The van der Waals surface area contributed by atoms with Crippen LogP contribution < -0.4 is 16.6 Å². The highest BCUT2D eigenvalue weighted by Crippen LogP contribution is 2.17. The molecule has 0 fully saturated rings. The van der Waals surface area contributed by atoms with Crippen molar-refractivity contribution in [1.29, 1.82) is 0 Å². The van der Waals surface area contributed by atoms with E-state index in [-0.39, 0.29) is 23.1 Å². The van der Waals surface area contributed by atoms with Crippen LogP contribution in [0.1, 0.15) is 15.9 Å². The number of hydrogen-bond donors (Lipinski definition) is 3. The molecule has 31 heavy (non-hydrogen) atoms. The number of carbonyl (C=O) groups excluding carboxylic acids is 1. The maximum Gasteiger partial charge on any atom is 0.330 e. The number of H-pyrrole nitrogens is 2. The molecule has 4 aromatic heterocycles. The van der Waals surface area contributed by atoms with Crippen molar-refractivity contribution >= 4 is 33.7 Å². The molecular weight excluding hydrogens is 396 g/mol. The first-order valence-corrected chi connectivity index (χ1v) is 9.50. The number of rotatable bonds is 4. The fourth-order valence-electron chi connectivity index (χ4n) is 3.42. The number of hydrogen-bond acceptors (Lipinski definition) is 5. The highest BCUT2D eigenvalue weighted by atomic mass is 16.2. The minimum Gasteiger partial charge on any atom is -0.346 e. The van der Waals surface area contributed by atoms with E-state index < -0.39 is 17.2 Å². The van der Waals surface area contributed by atoms with Gasteiger partial charge in [-0.2, -0.15) is 0 Å². The third-order valence-corrected chi connectivity index (χ3v) is 4.94. The first-order chi connectivity index (χ1) is 15.1. The number of fused-ring (bicyclic) bond motifs is 2. The Labute approximate surface area is 174 Å². The van der Waals surface area contributed by atoms with E-state index in [1.54, 1.807) is 12.3 Å². The molecule has 5 aromatic rings. The highest BCUT2D eigenvalue weighted by molar-refractivity contribution is 6.06. The lowest BCUT2D eigenvalue weighted by Gasteiger charge is -2.10. The summed E-state index contributed by atoms with van der Waals surface area (Å²) in [6, 6.07) is 14.4. The second kappa shape index (κ2) is 7.38. The fraction of sp³-hybridized carbons (Fsp3) is 0.0455. The maximum absolute atomic E-state index is 12.7. The summed E-state index contributed by atoms with van der Waals surface area (Å²) in [5, 5.41) is 3.77. The van der Waals surface area contributed by atoms with Crippen LogP contribution in [0.5, 0.6) is 0 Å². The first kappa shape index (κ1) is 18.5. The number of aromatic nitrogens is 5. The van der Waals surface area contributed by atoms with Crippen molar-refractivity contribution in [3.05, 3.63) is 99.1 Å². The number of nitrogens with zero attached hydrogens (tertiary/aromatic N) is 3. The van der Waals surface area contributed by atoms with Crippen LogP contribution in [0.4, 0.5) is 5.69 Å². The Morgan fingerprint density at radius 2 is 1.87 bits per heavy atom. The van der Waals surface area contributed by atoms with E-state index >= 15 is 0 Å². The zero-order valence-electron chi connectivity index (χ0n) is 16.1. The van der Waals surface area contributed by atoms with Gasteiger partial charge in [0.15, 0.2) is 0 Å². The molecule has 0 aliphatic carbocycles. The number of benzene rings is 1. The summed E-state index contributed by atoms with van der Waals surface area (Å²) in [4.78, 5) is 51.3. The zero-order chi connectivity index (χ0) is 21.4. The zero-order valence-corrected chi connectivity index (χ0v) is 16.1. The summed E-state index contributed by atoms with van der Waals surface area (Å²) in [6.45, 7) is 0.244. The lowest BCUT2D eigenvalue weighted by Crippen LogP contribution is -2.31. The van der Waals surface area contributed by atoms with Gasteiger partial charge in [0.05, 0.1) is 29.4 Å². The molecule has 0 bridgehead atoms. The predicted molar refractivity (Wildman–Crippen MR) is 116 cm³/mol. The molecule has 9 nitrogen and oxygen atoms in total. The van der Waals surface area contributed by atoms with Gasteiger partial charge in [0, 0.05) is 17.8 Å². The normalized spacial score (nSPS) is 11.1.